The molecule has 0 unspecified atom stereocenters. The fourth-order valence-electron chi connectivity index (χ4n) is 3.91. The molecule has 0 aliphatic carbocycles. The van der Waals surface area contributed by atoms with Crippen LogP contribution in [0.5, 0.6) is 0 Å². The lowest BCUT2D eigenvalue weighted by Crippen LogP contribution is -2.51. The summed E-state index contributed by atoms with van der Waals surface area (Å²) in [7, 11) is 0. The first-order valence-corrected chi connectivity index (χ1v) is 9.64. The van der Waals surface area contributed by atoms with Crippen molar-refractivity contribution in [3.8, 4) is 0 Å². The van der Waals surface area contributed by atoms with Crippen molar-refractivity contribution >= 4 is 23.2 Å². The number of carbonyl (C=O) groups excluding carboxylic acids is 2. The van der Waals surface area contributed by atoms with Gasteiger partial charge >= 0.3 is 0 Å². The SMILES string of the molecule is O=C1C[C@@H](c2ccccc2)C(=O)N1CN1CCN(c2ccc([N+](=O)[O-])cc2)CC1. The predicted octanol–water partition coefficient (Wildman–Crippen LogP) is 2.22. The van der Waals surface area contributed by atoms with Crippen LogP contribution in [0.4, 0.5) is 11.4 Å². The van der Waals surface area contributed by atoms with Crippen LogP contribution in [0.2, 0.25) is 0 Å². The van der Waals surface area contributed by atoms with Gasteiger partial charge < -0.3 is 4.90 Å². The highest BCUT2D eigenvalue weighted by atomic mass is 16.6. The molecule has 0 spiro atoms. The number of anilines is 1. The molecular formula is C21H22N4O4. The zero-order chi connectivity index (χ0) is 20.4. The molecule has 2 aromatic rings. The van der Waals surface area contributed by atoms with Crippen LogP contribution in [0.15, 0.2) is 54.6 Å². The van der Waals surface area contributed by atoms with Gasteiger partial charge in [0.25, 0.3) is 5.69 Å². The van der Waals surface area contributed by atoms with Crippen LogP contribution in [-0.4, -0.2) is 59.4 Å². The number of likely N-dealkylation sites (tertiary alicyclic amines) is 1. The minimum atomic E-state index is -0.408. The quantitative estimate of drug-likeness (QED) is 0.439. The Morgan fingerprint density at radius 1 is 0.931 bits per heavy atom. The second-order valence-electron chi connectivity index (χ2n) is 7.35. The normalized spacial score (nSPS) is 20.3. The highest BCUT2D eigenvalue weighted by Gasteiger charge is 2.40. The summed E-state index contributed by atoms with van der Waals surface area (Å²) in [4.78, 5) is 41.2. The fourth-order valence-corrected chi connectivity index (χ4v) is 3.91. The van der Waals surface area contributed by atoms with Crippen LogP contribution < -0.4 is 4.90 Å². The number of non-ortho nitro benzene ring substituents is 1. The van der Waals surface area contributed by atoms with Gasteiger partial charge in [-0.1, -0.05) is 30.3 Å². The van der Waals surface area contributed by atoms with Gasteiger partial charge in [-0.2, -0.15) is 0 Å². The standard InChI is InChI=1S/C21H22N4O4/c26-20-14-19(16-4-2-1-3-5-16)21(27)24(20)15-22-10-12-23(13-11-22)17-6-8-18(9-7-17)25(28)29/h1-9,19H,10-15H2/t19-/m0/s1. The van der Waals surface area contributed by atoms with Crippen LogP contribution in [0.25, 0.3) is 0 Å². The summed E-state index contributed by atoms with van der Waals surface area (Å²) in [5.74, 6) is -0.634. The molecule has 2 aromatic carbocycles. The minimum absolute atomic E-state index is 0.0754. The van der Waals surface area contributed by atoms with E-state index in [2.05, 4.69) is 9.80 Å². The van der Waals surface area contributed by atoms with Crippen LogP contribution in [0.3, 0.4) is 0 Å². The summed E-state index contributed by atoms with van der Waals surface area (Å²) in [6, 6.07) is 16.0. The van der Waals surface area contributed by atoms with Gasteiger partial charge in [-0.05, 0) is 17.7 Å². The van der Waals surface area contributed by atoms with Crippen LogP contribution in [0.1, 0.15) is 17.9 Å². The first-order chi connectivity index (χ1) is 14.0. The lowest BCUT2D eigenvalue weighted by Gasteiger charge is -2.37. The van der Waals surface area contributed by atoms with Gasteiger partial charge in [0.2, 0.25) is 11.8 Å². The van der Waals surface area contributed by atoms with E-state index in [9.17, 15) is 19.7 Å². The highest BCUT2D eigenvalue weighted by Crippen LogP contribution is 2.30. The summed E-state index contributed by atoms with van der Waals surface area (Å²) in [5, 5.41) is 10.8. The maximum absolute atomic E-state index is 12.8. The molecule has 2 aliphatic heterocycles. The lowest BCUT2D eigenvalue weighted by molar-refractivity contribution is -0.384. The van der Waals surface area contributed by atoms with Gasteiger partial charge in [0, 0.05) is 50.4 Å². The summed E-state index contributed by atoms with van der Waals surface area (Å²) < 4.78 is 0. The molecule has 0 aromatic heterocycles. The van der Waals surface area contributed by atoms with E-state index >= 15 is 0 Å². The van der Waals surface area contributed by atoms with Gasteiger partial charge in [-0.15, -0.1) is 0 Å². The number of nitro benzene ring substituents is 1. The number of benzene rings is 2. The Kier molecular flexibility index (Phi) is 5.26. The van der Waals surface area contributed by atoms with E-state index in [0.717, 1.165) is 24.3 Å². The van der Waals surface area contributed by atoms with Crippen molar-refractivity contribution in [3.05, 3.63) is 70.3 Å². The summed E-state index contributed by atoms with van der Waals surface area (Å²) >= 11 is 0. The molecule has 1 atom stereocenters. The molecule has 0 N–H and O–H groups in total. The Morgan fingerprint density at radius 2 is 1.59 bits per heavy atom. The maximum Gasteiger partial charge on any atom is 0.269 e. The first-order valence-electron chi connectivity index (χ1n) is 9.64. The number of rotatable bonds is 5. The average molecular weight is 394 g/mol. The van der Waals surface area contributed by atoms with Gasteiger partial charge in [-0.25, -0.2) is 0 Å². The maximum atomic E-state index is 12.8. The van der Waals surface area contributed by atoms with Crippen LogP contribution in [0, 0.1) is 10.1 Å². The van der Waals surface area contributed by atoms with E-state index in [1.165, 1.54) is 17.0 Å². The average Bonchev–Trinajstić information content (AvgIpc) is 3.03. The predicted molar refractivity (Wildman–Crippen MR) is 107 cm³/mol. The number of piperazine rings is 1. The molecule has 2 saturated heterocycles. The third-order valence-electron chi connectivity index (χ3n) is 5.59. The third-order valence-corrected chi connectivity index (χ3v) is 5.59. The van der Waals surface area contributed by atoms with Gasteiger partial charge in [-0.3, -0.25) is 29.5 Å². The van der Waals surface area contributed by atoms with Crippen molar-refractivity contribution in [2.45, 2.75) is 12.3 Å². The van der Waals surface area contributed by atoms with E-state index in [-0.39, 0.29) is 29.8 Å². The van der Waals surface area contributed by atoms with Crippen molar-refractivity contribution in [1.29, 1.82) is 0 Å². The Hall–Kier alpha value is -3.26. The Balaban J connectivity index is 1.34. The Bertz CT molecular complexity index is 908. The number of carbonyl (C=O) groups is 2. The van der Waals surface area contributed by atoms with Crippen LogP contribution in [-0.2, 0) is 9.59 Å². The number of nitro groups is 1. The number of imide groups is 1. The van der Waals surface area contributed by atoms with E-state index < -0.39 is 4.92 Å². The summed E-state index contributed by atoms with van der Waals surface area (Å²) in [5.41, 5.74) is 1.90. The van der Waals surface area contributed by atoms with Gasteiger partial charge in [0.05, 0.1) is 17.5 Å². The van der Waals surface area contributed by atoms with Crippen molar-refractivity contribution in [2.24, 2.45) is 0 Å². The summed E-state index contributed by atoms with van der Waals surface area (Å²) in [6.45, 7) is 3.20. The highest BCUT2D eigenvalue weighted by molar-refractivity contribution is 6.06. The second kappa shape index (κ2) is 8.00. The molecule has 0 radical (unpaired) electrons. The molecule has 29 heavy (non-hydrogen) atoms. The third kappa shape index (κ3) is 3.97. The molecule has 0 bridgehead atoms. The second-order valence-corrected chi connectivity index (χ2v) is 7.35. The van der Waals surface area contributed by atoms with Crippen molar-refractivity contribution < 1.29 is 14.5 Å². The topological polar surface area (TPSA) is 87.0 Å². The molecule has 2 fully saturated rings. The lowest BCUT2D eigenvalue weighted by atomic mass is 9.98. The van der Waals surface area contributed by atoms with Crippen molar-refractivity contribution in [2.75, 3.05) is 37.7 Å². The van der Waals surface area contributed by atoms with Crippen molar-refractivity contribution in [3.63, 3.8) is 0 Å². The molecule has 2 heterocycles. The molecule has 0 saturated carbocycles. The molecule has 2 aliphatic rings. The molecule has 8 heteroatoms. The zero-order valence-electron chi connectivity index (χ0n) is 15.9. The summed E-state index contributed by atoms with van der Waals surface area (Å²) in [6.07, 6.45) is 0.228. The molecule has 2 amide bonds. The van der Waals surface area contributed by atoms with Crippen molar-refractivity contribution in [1.82, 2.24) is 9.80 Å². The largest absolute Gasteiger partial charge is 0.369 e. The molecular weight excluding hydrogens is 372 g/mol. The zero-order valence-corrected chi connectivity index (χ0v) is 15.9. The van der Waals surface area contributed by atoms with Crippen LogP contribution >= 0.6 is 0 Å². The van der Waals surface area contributed by atoms with E-state index in [1.807, 2.05) is 30.3 Å². The smallest absolute Gasteiger partial charge is 0.269 e. The molecule has 8 nitrogen and oxygen atoms in total. The molecule has 4 rings (SSSR count). The number of amides is 2. The number of hydrogen-bond donors (Lipinski definition) is 0. The fraction of sp³-hybridized carbons (Fsp3) is 0.333. The monoisotopic (exact) mass is 394 g/mol. The number of hydrogen-bond acceptors (Lipinski definition) is 6. The Labute approximate surface area is 168 Å². The van der Waals surface area contributed by atoms with E-state index in [4.69, 9.17) is 0 Å². The Morgan fingerprint density at radius 3 is 2.21 bits per heavy atom. The molecule has 150 valence electrons. The minimum Gasteiger partial charge on any atom is -0.369 e. The van der Waals surface area contributed by atoms with E-state index in [1.54, 1.807) is 12.1 Å². The van der Waals surface area contributed by atoms with E-state index in [0.29, 0.717) is 19.8 Å². The number of nitrogens with zero attached hydrogens (tertiary/aromatic N) is 4. The van der Waals surface area contributed by atoms with Gasteiger partial charge in [0.1, 0.15) is 0 Å². The van der Waals surface area contributed by atoms with Gasteiger partial charge in [0.15, 0.2) is 0 Å². The first kappa shape index (κ1) is 19.1.